The van der Waals surface area contributed by atoms with E-state index in [2.05, 4.69) is 32.5 Å². The lowest BCUT2D eigenvalue weighted by atomic mass is 10.1. The summed E-state index contributed by atoms with van der Waals surface area (Å²) < 4.78 is 1.91. The van der Waals surface area contributed by atoms with Crippen molar-refractivity contribution in [3.63, 3.8) is 0 Å². The minimum Gasteiger partial charge on any atom is -0.368 e. The summed E-state index contributed by atoms with van der Waals surface area (Å²) in [5.41, 5.74) is 6.50. The van der Waals surface area contributed by atoms with Gasteiger partial charge in [-0.2, -0.15) is 5.10 Å². The first-order chi connectivity index (χ1) is 9.10. The van der Waals surface area contributed by atoms with Gasteiger partial charge >= 0.3 is 0 Å². The molecule has 1 atom stereocenters. The van der Waals surface area contributed by atoms with Crippen molar-refractivity contribution in [2.75, 3.05) is 18.5 Å². The minimum atomic E-state index is -0.143. The molecule has 2 N–H and O–H groups in total. The number of nitrogens with two attached hydrogens (primary N) is 1. The van der Waals surface area contributed by atoms with Gasteiger partial charge in [0.1, 0.15) is 4.47 Å². The molecule has 104 valence electrons. The highest BCUT2D eigenvalue weighted by Crippen LogP contribution is 2.36. The van der Waals surface area contributed by atoms with E-state index in [4.69, 9.17) is 5.73 Å². The normalized spacial score (nSPS) is 16.2. The fourth-order valence-electron chi connectivity index (χ4n) is 2.28. The Hall–Kier alpha value is -1.14. The van der Waals surface area contributed by atoms with Crippen LogP contribution in [0.15, 0.2) is 28.1 Å². The second kappa shape index (κ2) is 5.88. The Balaban J connectivity index is 2.31. The van der Waals surface area contributed by atoms with E-state index >= 15 is 0 Å². The van der Waals surface area contributed by atoms with Crippen molar-refractivity contribution in [3.05, 3.63) is 33.7 Å². The second-order valence-electron chi connectivity index (χ2n) is 4.87. The molecule has 1 heterocycles. The van der Waals surface area contributed by atoms with E-state index in [1.165, 1.54) is 17.5 Å². The number of likely N-dealkylation sites (N-methyl/N-ethyl adjacent to an activating group) is 1. The summed E-state index contributed by atoms with van der Waals surface area (Å²) in [7, 11) is 1.97. The summed E-state index contributed by atoms with van der Waals surface area (Å²) in [4.78, 5) is 14.2. The predicted octanol–water partition coefficient (Wildman–Crippen LogP) is 1.37. The number of rotatable bonds is 6. The predicted molar refractivity (Wildman–Crippen MR) is 80.4 cm³/mol. The van der Waals surface area contributed by atoms with Crippen molar-refractivity contribution in [2.45, 2.75) is 25.4 Å². The molecular weight excluding hydrogens is 308 g/mol. The van der Waals surface area contributed by atoms with Crippen LogP contribution in [-0.2, 0) is 6.54 Å². The van der Waals surface area contributed by atoms with Crippen molar-refractivity contribution >= 4 is 21.6 Å². The molecule has 1 saturated carbocycles. The van der Waals surface area contributed by atoms with Gasteiger partial charge in [-0.3, -0.25) is 4.79 Å². The van der Waals surface area contributed by atoms with Crippen molar-refractivity contribution in [2.24, 2.45) is 11.7 Å². The van der Waals surface area contributed by atoms with Gasteiger partial charge in [0.15, 0.2) is 0 Å². The van der Waals surface area contributed by atoms with Crippen LogP contribution in [0.25, 0.3) is 0 Å². The van der Waals surface area contributed by atoms with Gasteiger partial charge in [0.25, 0.3) is 5.56 Å². The van der Waals surface area contributed by atoms with Gasteiger partial charge in [-0.25, -0.2) is 4.68 Å². The SMILES string of the molecule is C=CCn1ncc(N(C)C(CN)C2CC2)c(Br)c1=O. The molecule has 0 spiro atoms. The van der Waals surface area contributed by atoms with Crippen LogP contribution in [0.4, 0.5) is 5.69 Å². The summed E-state index contributed by atoms with van der Waals surface area (Å²) in [6.45, 7) is 4.61. The van der Waals surface area contributed by atoms with E-state index in [0.29, 0.717) is 23.5 Å². The number of hydrogen-bond donors (Lipinski definition) is 1. The maximum absolute atomic E-state index is 12.1. The first-order valence-corrected chi connectivity index (χ1v) is 7.18. The van der Waals surface area contributed by atoms with E-state index < -0.39 is 0 Å². The van der Waals surface area contributed by atoms with Gasteiger partial charge in [-0.1, -0.05) is 6.08 Å². The maximum atomic E-state index is 12.1. The molecule has 1 fully saturated rings. The molecule has 6 heteroatoms. The number of halogens is 1. The highest BCUT2D eigenvalue weighted by atomic mass is 79.9. The highest BCUT2D eigenvalue weighted by Gasteiger charge is 2.34. The van der Waals surface area contributed by atoms with Gasteiger partial charge in [-0.05, 0) is 34.7 Å². The number of nitrogens with zero attached hydrogens (tertiary/aromatic N) is 3. The van der Waals surface area contributed by atoms with Crippen molar-refractivity contribution in [3.8, 4) is 0 Å². The maximum Gasteiger partial charge on any atom is 0.283 e. The zero-order valence-electron chi connectivity index (χ0n) is 11.1. The Morgan fingerprint density at radius 3 is 2.95 bits per heavy atom. The third-order valence-corrected chi connectivity index (χ3v) is 4.30. The Labute approximate surface area is 121 Å². The smallest absolute Gasteiger partial charge is 0.283 e. The van der Waals surface area contributed by atoms with Gasteiger partial charge in [0.05, 0.1) is 18.4 Å². The fourth-order valence-corrected chi connectivity index (χ4v) is 2.87. The van der Waals surface area contributed by atoms with Crippen LogP contribution in [-0.4, -0.2) is 29.4 Å². The van der Waals surface area contributed by atoms with Crippen LogP contribution < -0.4 is 16.2 Å². The third-order valence-electron chi connectivity index (χ3n) is 3.55. The highest BCUT2D eigenvalue weighted by molar-refractivity contribution is 9.10. The quantitative estimate of drug-likeness (QED) is 0.802. The molecule has 0 aromatic carbocycles. The van der Waals surface area contributed by atoms with Gasteiger partial charge in [0, 0.05) is 19.6 Å². The Morgan fingerprint density at radius 1 is 1.74 bits per heavy atom. The van der Waals surface area contributed by atoms with E-state index in [1.54, 1.807) is 12.3 Å². The van der Waals surface area contributed by atoms with Gasteiger partial charge in [0.2, 0.25) is 0 Å². The van der Waals surface area contributed by atoms with Gasteiger partial charge < -0.3 is 10.6 Å². The second-order valence-corrected chi connectivity index (χ2v) is 5.66. The Morgan fingerprint density at radius 2 is 2.42 bits per heavy atom. The molecular formula is C13H19BrN4O. The van der Waals surface area contributed by atoms with Crippen molar-refractivity contribution in [1.29, 1.82) is 0 Å². The summed E-state index contributed by atoms with van der Waals surface area (Å²) >= 11 is 3.38. The van der Waals surface area contributed by atoms with E-state index in [9.17, 15) is 4.79 Å². The number of allylic oxidation sites excluding steroid dienone is 1. The molecule has 0 saturated heterocycles. The van der Waals surface area contributed by atoms with Crippen LogP contribution in [0.2, 0.25) is 0 Å². The van der Waals surface area contributed by atoms with E-state index in [0.717, 1.165) is 5.69 Å². The molecule has 1 aliphatic carbocycles. The lowest BCUT2D eigenvalue weighted by Gasteiger charge is -2.29. The average molecular weight is 327 g/mol. The monoisotopic (exact) mass is 326 g/mol. The Kier molecular flexibility index (Phi) is 4.42. The van der Waals surface area contributed by atoms with Crippen LogP contribution in [0.5, 0.6) is 0 Å². The molecule has 1 aromatic rings. The lowest BCUT2D eigenvalue weighted by Crippen LogP contribution is -2.41. The number of anilines is 1. The molecule has 0 bridgehead atoms. The molecule has 0 radical (unpaired) electrons. The zero-order valence-corrected chi connectivity index (χ0v) is 12.6. The van der Waals surface area contributed by atoms with E-state index in [-0.39, 0.29) is 11.6 Å². The zero-order chi connectivity index (χ0) is 14.0. The molecule has 1 aromatic heterocycles. The summed E-state index contributed by atoms with van der Waals surface area (Å²) in [6, 6.07) is 0.271. The number of hydrogen-bond acceptors (Lipinski definition) is 4. The van der Waals surface area contributed by atoms with Crippen LogP contribution in [0, 0.1) is 5.92 Å². The topological polar surface area (TPSA) is 64.2 Å². The van der Waals surface area contributed by atoms with Crippen LogP contribution >= 0.6 is 15.9 Å². The van der Waals surface area contributed by atoms with Crippen LogP contribution in [0.3, 0.4) is 0 Å². The van der Waals surface area contributed by atoms with Gasteiger partial charge in [-0.15, -0.1) is 6.58 Å². The van der Waals surface area contributed by atoms with Crippen LogP contribution in [0.1, 0.15) is 12.8 Å². The lowest BCUT2D eigenvalue weighted by molar-refractivity contribution is 0.564. The standard InChI is InChI=1S/C13H19BrN4O/c1-3-6-18-13(19)12(14)11(8-16-18)17(2)10(7-15)9-4-5-9/h3,8-10H,1,4-7,15H2,2H3. The van der Waals surface area contributed by atoms with E-state index in [1.807, 2.05) is 7.05 Å². The Bertz CT molecular complexity index is 524. The molecule has 0 amide bonds. The number of aromatic nitrogens is 2. The molecule has 0 aliphatic heterocycles. The first kappa shape index (κ1) is 14.3. The minimum absolute atomic E-state index is 0.143. The average Bonchev–Trinajstić information content (AvgIpc) is 3.21. The molecule has 19 heavy (non-hydrogen) atoms. The summed E-state index contributed by atoms with van der Waals surface area (Å²) in [5, 5.41) is 4.17. The first-order valence-electron chi connectivity index (χ1n) is 6.39. The summed E-state index contributed by atoms with van der Waals surface area (Å²) in [6.07, 6.45) is 5.78. The fraction of sp³-hybridized carbons (Fsp3) is 0.538. The molecule has 5 nitrogen and oxygen atoms in total. The van der Waals surface area contributed by atoms with Crippen molar-refractivity contribution < 1.29 is 0 Å². The molecule has 1 unspecified atom stereocenters. The largest absolute Gasteiger partial charge is 0.368 e. The molecule has 2 rings (SSSR count). The molecule has 1 aliphatic rings. The summed E-state index contributed by atoms with van der Waals surface area (Å²) in [5.74, 6) is 0.637. The third kappa shape index (κ3) is 2.90. The van der Waals surface area contributed by atoms with Crippen molar-refractivity contribution in [1.82, 2.24) is 9.78 Å².